The molecule has 1 saturated heterocycles. The zero-order valence-electron chi connectivity index (χ0n) is 7.49. The van der Waals surface area contributed by atoms with Gasteiger partial charge in [0.1, 0.15) is 18.3 Å². The van der Waals surface area contributed by atoms with E-state index in [0.29, 0.717) is 0 Å². The number of ether oxygens (including phenoxy) is 1. The van der Waals surface area contributed by atoms with Crippen LogP contribution in [0.2, 0.25) is 0 Å². The van der Waals surface area contributed by atoms with Crippen molar-refractivity contribution < 1.29 is 29.0 Å². The lowest BCUT2D eigenvalue weighted by molar-refractivity contribution is -0.194. The van der Waals surface area contributed by atoms with Gasteiger partial charge < -0.3 is 24.2 Å². The van der Waals surface area contributed by atoms with Gasteiger partial charge in [0.15, 0.2) is 6.10 Å². The first-order chi connectivity index (χ1) is 6.57. The maximum absolute atomic E-state index is 10.7. The summed E-state index contributed by atoms with van der Waals surface area (Å²) in [6.45, 7) is -0.202. The molecule has 1 fully saturated rings. The summed E-state index contributed by atoms with van der Waals surface area (Å²) in [6, 6.07) is 0. The number of hydrogen-bond donors (Lipinski definition) is 3. The second kappa shape index (κ2) is 4.94. The highest BCUT2D eigenvalue weighted by Gasteiger charge is 2.43. The molecule has 82 valence electrons. The van der Waals surface area contributed by atoms with Gasteiger partial charge in [0.2, 0.25) is 0 Å². The third kappa shape index (κ3) is 2.37. The van der Waals surface area contributed by atoms with E-state index in [1.807, 2.05) is 0 Å². The molecule has 0 amide bonds. The molecule has 0 bridgehead atoms. The molecule has 0 spiro atoms. The number of rotatable bonds is 3. The van der Waals surface area contributed by atoms with Gasteiger partial charge in [0, 0.05) is 6.26 Å². The zero-order valence-corrected chi connectivity index (χ0v) is 8.31. The van der Waals surface area contributed by atoms with Crippen LogP contribution in [0.4, 0.5) is 0 Å². The monoisotopic (exact) mass is 224 g/mol. The van der Waals surface area contributed by atoms with Gasteiger partial charge in [-0.05, 0) is 12.0 Å². The number of aliphatic hydroxyl groups is 2. The van der Waals surface area contributed by atoms with Crippen LogP contribution in [0.3, 0.4) is 0 Å². The molecule has 3 N–H and O–H groups in total. The Kier molecular flexibility index (Phi) is 4.14. The molecule has 1 rings (SSSR count). The van der Waals surface area contributed by atoms with Crippen LogP contribution in [-0.4, -0.2) is 58.6 Å². The lowest BCUT2D eigenvalue weighted by Gasteiger charge is -2.34. The lowest BCUT2D eigenvalue weighted by Crippen LogP contribution is -2.56. The van der Waals surface area contributed by atoms with Crippen LogP contribution in [0.1, 0.15) is 0 Å². The Balaban J connectivity index is 2.71. The molecule has 6 nitrogen and oxygen atoms in total. The van der Waals surface area contributed by atoms with Crippen molar-refractivity contribution in [3.63, 3.8) is 0 Å². The highest BCUT2D eigenvalue weighted by Crippen LogP contribution is 2.21. The number of hydrogen-bond acceptors (Lipinski definition) is 6. The fraction of sp³-hybridized carbons (Fsp3) is 0.857. The minimum absolute atomic E-state index is 0.202. The van der Waals surface area contributed by atoms with E-state index >= 15 is 0 Å². The van der Waals surface area contributed by atoms with Gasteiger partial charge in [0.05, 0.1) is 6.61 Å². The Bertz CT molecular complexity index is 210. The van der Waals surface area contributed by atoms with Crippen LogP contribution in [-0.2, 0) is 13.7 Å². The average molecular weight is 224 g/mol. The first-order valence-corrected chi connectivity index (χ1v) is 5.13. The van der Waals surface area contributed by atoms with E-state index in [0.717, 1.165) is 12.0 Å². The van der Waals surface area contributed by atoms with Crippen LogP contribution < -0.4 is 0 Å². The van der Waals surface area contributed by atoms with E-state index in [1.54, 1.807) is 6.26 Å². The molecule has 1 aliphatic rings. The second-order valence-corrected chi connectivity index (χ2v) is 3.40. The van der Waals surface area contributed by atoms with Crippen molar-refractivity contribution in [3.05, 3.63) is 0 Å². The molecule has 4 unspecified atom stereocenters. The first kappa shape index (κ1) is 11.7. The number of carbonyl (C=O) groups is 1. The summed E-state index contributed by atoms with van der Waals surface area (Å²) in [5.41, 5.74) is 0. The summed E-state index contributed by atoms with van der Waals surface area (Å²) in [5.74, 6) is -1.21. The standard InChI is InChI=1S/C7H12O6S/c1-14-13-5-4(9)3(8)2-12-6(5)7(10)11/h3-6,8-9H,2H2,1H3,(H,10,11). The van der Waals surface area contributed by atoms with Gasteiger partial charge in [-0.3, -0.25) is 0 Å². The smallest absolute Gasteiger partial charge is 0.335 e. The Morgan fingerprint density at radius 3 is 2.71 bits per heavy atom. The predicted molar refractivity (Wildman–Crippen MR) is 47.8 cm³/mol. The van der Waals surface area contributed by atoms with Crippen molar-refractivity contribution >= 4 is 18.0 Å². The Labute approximate surface area is 85.0 Å². The third-order valence-corrected chi connectivity index (χ3v) is 2.34. The molecule has 0 aromatic heterocycles. The molecule has 4 atom stereocenters. The lowest BCUT2D eigenvalue weighted by atomic mass is 10.0. The quantitative estimate of drug-likeness (QED) is 0.521. The Hall–Kier alpha value is -0.340. The predicted octanol–water partition coefficient (Wildman–Crippen LogP) is -1.15. The summed E-state index contributed by atoms with van der Waals surface area (Å²) in [5, 5.41) is 27.4. The number of carboxylic acid groups (broad SMARTS) is 1. The number of aliphatic carboxylic acids is 1. The topological polar surface area (TPSA) is 96.2 Å². The van der Waals surface area contributed by atoms with Gasteiger partial charge >= 0.3 is 5.97 Å². The normalized spacial score (nSPS) is 38.2. The highest BCUT2D eigenvalue weighted by atomic mass is 32.2. The van der Waals surface area contributed by atoms with Crippen LogP contribution in [0.25, 0.3) is 0 Å². The molecular formula is C7H12O6S. The molecular weight excluding hydrogens is 212 g/mol. The van der Waals surface area contributed by atoms with Gasteiger partial charge in [-0.15, -0.1) is 0 Å². The van der Waals surface area contributed by atoms with Crippen molar-refractivity contribution in [1.82, 2.24) is 0 Å². The second-order valence-electron chi connectivity index (χ2n) is 2.88. The van der Waals surface area contributed by atoms with Crippen LogP contribution >= 0.6 is 12.0 Å². The minimum Gasteiger partial charge on any atom is -0.479 e. The molecule has 1 aliphatic heterocycles. The summed E-state index contributed by atoms with van der Waals surface area (Å²) >= 11 is 0.921. The Morgan fingerprint density at radius 1 is 1.57 bits per heavy atom. The van der Waals surface area contributed by atoms with Gasteiger partial charge in [-0.2, -0.15) is 0 Å². The number of carboxylic acids is 1. The largest absolute Gasteiger partial charge is 0.479 e. The molecule has 0 radical (unpaired) electrons. The van der Waals surface area contributed by atoms with Crippen molar-refractivity contribution in [3.8, 4) is 0 Å². The zero-order chi connectivity index (χ0) is 10.7. The van der Waals surface area contributed by atoms with E-state index in [1.165, 1.54) is 0 Å². The van der Waals surface area contributed by atoms with Gasteiger partial charge in [-0.1, -0.05) is 0 Å². The Morgan fingerprint density at radius 2 is 2.21 bits per heavy atom. The van der Waals surface area contributed by atoms with Crippen molar-refractivity contribution in [2.45, 2.75) is 24.4 Å². The van der Waals surface area contributed by atoms with Crippen molar-refractivity contribution in [1.29, 1.82) is 0 Å². The molecule has 0 saturated carbocycles. The maximum atomic E-state index is 10.7. The molecule has 1 heterocycles. The maximum Gasteiger partial charge on any atom is 0.335 e. The van der Waals surface area contributed by atoms with E-state index in [2.05, 4.69) is 0 Å². The summed E-state index contributed by atoms with van der Waals surface area (Å²) in [6.07, 6.45) is -3.04. The molecule has 0 aliphatic carbocycles. The minimum atomic E-state index is -1.24. The highest BCUT2D eigenvalue weighted by molar-refractivity contribution is 7.93. The van der Waals surface area contributed by atoms with Crippen molar-refractivity contribution in [2.24, 2.45) is 0 Å². The summed E-state index contributed by atoms with van der Waals surface area (Å²) < 4.78 is 9.78. The van der Waals surface area contributed by atoms with E-state index in [-0.39, 0.29) is 6.61 Å². The molecule has 0 aromatic carbocycles. The van der Waals surface area contributed by atoms with Crippen LogP contribution in [0, 0.1) is 0 Å². The van der Waals surface area contributed by atoms with E-state index in [9.17, 15) is 15.0 Å². The van der Waals surface area contributed by atoms with Crippen LogP contribution in [0.15, 0.2) is 0 Å². The summed E-state index contributed by atoms with van der Waals surface area (Å²) in [7, 11) is 0. The number of aliphatic hydroxyl groups excluding tert-OH is 2. The first-order valence-electron chi connectivity index (χ1n) is 3.98. The molecule has 0 aromatic rings. The van der Waals surface area contributed by atoms with Gasteiger partial charge in [0.25, 0.3) is 0 Å². The SMILES string of the molecule is CSOC1C(C(=O)O)OCC(O)C1O. The average Bonchev–Trinajstić information content (AvgIpc) is 2.13. The molecule has 7 heteroatoms. The fourth-order valence-electron chi connectivity index (χ4n) is 1.22. The summed E-state index contributed by atoms with van der Waals surface area (Å²) in [4.78, 5) is 10.7. The van der Waals surface area contributed by atoms with Crippen molar-refractivity contribution in [2.75, 3.05) is 12.9 Å². The van der Waals surface area contributed by atoms with E-state index < -0.39 is 30.4 Å². The van der Waals surface area contributed by atoms with Gasteiger partial charge in [-0.25, -0.2) is 4.79 Å². The molecule has 14 heavy (non-hydrogen) atoms. The van der Waals surface area contributed by atoms with E-state index in [4.69, 9.17) is 14.0 Å². The van der Waals surface area contributed by atoms with Crippen LogP contribution in [0.5, 0.6) is 0 Å². The third-order valence-electron chi connectivity index (χ3n) is 1.93. The fourth-order valence-corrected chi connectivity index (χ4v) is 1.66.